The fourth-order valence-electron chi connectivity index (χ4n) is 2.13. The van der Waals surface area contributed by atoms with Crippen molar-refractivity contribution < 1.29 is 23.5 Å². The lowest BCUT2D eigenvalue weighted by molar-refractivity contribution is 0.0676. The van der Waals surface area contributed by atoms with Crippen LogP contribution >= 0.6 is 0 Å². The first-order valence-corrected chi connectivity index (χ1v) is 7.48. The summed E-state index contributed by atoms with van der Waals surface area (Å²) in [5.74, 6) is -2.83. The van der Waals surface area contributed by atoms with E-state index in [1.54, 1.807) is 60.7 Å². The van der Waals surface area contributed by atoms with Crippen LogP contribution in [0.4, 0.5) is 4.39 Å². The molecular formula is C20H13FO4. The minimum Gasteiger partial charge on any atom is -0.419 e. The quantitative estimate of drug-likeness (QED) is 0.527. The lowest BCUT2D eigenvalue weighted by atomic mass is 10.2. The van der Waals surface area contributed by atoms with Crippen molar-refractivity contribution in [3.63, 3.8) is 0 Å². The smallest absolute Gasteiger partial charge is 0.343 e. The Labute approximate surface area is 143 Å². The summed E-state index contributed by atoms with van der Waals surface area (Å²) in [6, 6.07) is 20.2. The van der Waals surface area contributed by atoms with Crippen LogP contribution in [0, 0.1) is 5.82 Å². The van der Waals surface area contributed by atoms with Gasteiger partial charge in [-0.3, -0.25) is 0 Å². The number of benzene rings is 3. The predicted octanol–water partition coefficient (Wildman–Crippen LogP) is 4.26. The molecule has 4 nitrogen and oxygen atoms in total. The number of carbonyl (C=O) groups excluding carboxylic acids is 2. The highest BCUT2D eigenvalue weighted by molar-refractivity contribution is 5.93. The first-order chi connectivity index (χ1) is 12.1. The Bertz CT molecular complexity index is 892. The van der Waals surface area contributed by atoms with Crippen LogP contribution in [0.15, 0.2) is 78.9 Å². The maximum Gasteiger partial charge on any atom is 0.343 e. The van der Waals surface area contributed by atoms with Crippen LogP contribution in [0.25, 0.3) is 0 Å². The highest BCUT2D eigenvalue weighted by Gasteiger charge is 2.19. The Morgan fingerprint density at radius 3 is 1.72 bits per heavy atom. The van der Waals surface area contributed by atoms with Crippen molar-refractivity contribution in [2.24, 2.45) is 0 Å². The lowest BCUT2D eigenvalue weighted by Crippen LogP contribution is -2.13. The average Bonchev–Trinajstić information content (AvgIpc) is 2.66. The van der Waals surface area contributed by atoms with Gasteiger partial charge in [-0.2, -0.15) is 0 Å². The number of carbonyl (C=O) groups is 2. The minimum absolute atomic E-state index is 0.168. The van der Waals surface area contributed by atoms with Gasteiger partial charge in [0, 0.05) is 0 Å². The zero-order valence-electron chi connectivity index (χ0n) is 13.0. The molecule has 0 spiro atoms. The third-order valence-electron chi connectivity index (χ3n) is 3.35. The van der Waals surface area contributed by atoms with Crippen LogP contribution in [0.3, 0.4) is 0 Å². The first kappa shape index (κ1) is 16.4. The molecule has 0 saturated heterocycles. The van der Waals surface area contributed by atoms with E-state index in [9.17, 15) is 14.0 Å². The van der Waals surface area contributed by atoms with Gasteiger partial charge in [0.15, 0.2) is 11.6 Å². The largest absolute Gasteiger partial charge is 0.419 e. The molecule has 0 radical (unpaired) electrons. The van der Waals surface area contributed by atoms with Crippen molar-refractivity contribution in [3.05, 3.63) is 95.8 Å². The Kier molecular flexibility index (Phi) is 4.85. The van der Waals surface area contributed by atoms with Crippen LogP contribution < -0.4 is 9.47 Å². The fraction of sp³-hybridized carbons (Fsp3) is 0. The van der Waals surface area contributed by atoms with Gasteiger partial charge >= 0.3 is 11.9 Å². The molecule has 3 aromatic rings. The van der Waals surface area contributed by atoms with Crippen LogP contribution in [-0.4, -0.2) is 11.9 Å². The van der Waals surface area contributed by atoms with Gasteiger partial charge in [-0.1, -0.05) is 42.5 Å². The second-order valence-corrected chi connectivity index (χ2v) is 5.08. The molecule has 0 aliphatic heterocycles. The average molecular weight is 336 g/mol. The van der Waals surface area contributed by atoms with E-state index >= 15 is 0 Å². The topological polar surface area (TPSA) is 52.6 Å². The van der Waals surface area contributed by atoms with Gasteiger partial charge in [0.1, 0.15) is 0 Å². The van der Waals surface area contributed by atoms with Gasteiger partial charge in [0.25, 0.3) is 0 Å². The molecule has 25 heavy (non-hydrogen) atoms. The van der Waals surface area contributed by atoms with Crippen LogP contribution in [0.1, 0.15) is 20.7 Å². The van der Waals surface area contributed by atoms with Crippen molar-refractivity contribution in [2.45, 2.75) is 0 Å². The Hall–Kier alpha value is -3.47. The maximum atomic E-state index is 14.1. The van der Waals surface area contributed by atoms with E-state index in [0.29, 0.717) is 5.56 Å². The molecule has 0 amide bonds. The highest BCUT2D eigenvalue weighted by Crippen LogP contribution is 2.31. The van der Waals surface area contributed by atoms with Crippen LogP contribution in [0.5, 0.6) is 11.5 Å². The molecule has 0 fully saturated rings. The predicted molar refractivity (Wildman–Crippen MR) is 89.2 cm³/mol. The standard InChI is InChI=1S/C20H13FO4/c21-16-12-7-13-17(24-19(22)14-8-3-1-4-9-14)18(16)25-20(23)15-10-5-2-6-11-15/h1-13H. The van der Waals surface area contributed by atoms with Gasteiger partial charge in [-0.05, 0) is 36.4 Å². The van der Waals surface area contributed by atoms with E-state index in [0.717, 1.165) is 6.07 Å². The number of halogens is 1. The van der Waals surface area contributed by atoms with Gasteiger partial charge in [-0.25, -0.2) is 14.0 Å². The van der Waals surface area contributed by atoms with Gasteiger partial charge < -0.3 is 9.47 Å². The molecule has 5 heteroatoms. The van der Waals surface area contributed by atoms with E-state index in [1.165, 1.54) is 12.1 Å². The molecule has 3 aromatic carbocycles. The Balaban J connectivity index is 1.85. The summed E-state index contributed by atoms with van der Waals surface area (Å²) in [7, 11) is 0. The number of para-hydroxylation sites is 1. The van der Waals surface area contributed by atoms with E-state index in [4.69, 9.17) is 9.47 Å². The summed E-state index contributed by atoms with van der Waals surface area (Å²) in [6.45, 7) is 0. The summed E-state index contributed by atoms with van der Waals surface area (Å²) in [5, 5.41) is 0. The molecule has 0 aromatic heterocycles. The highest BCUT2D eigenvalue weighted by atomic mass is 19.1. The molecule has 0 unspecified atom stereocenters. The maximum absolute atomic E-state index is 14.1. The third-order valence-corrected chi connectivity index (χ3v) is 3.35. The molecular weight excluding hydrogens is 323 g/mol. The second kappa shape index (κ2) is 7.40. The molecule has 0 heterocycles. The van der Waals surface area contributed by atoms with Crippen LogP contribution in [-0.2, 0) is 0 Å². The van der Waals surface area contributed by atoms with Crippen molar-refractivity contribution in [3.8, 4) is 11.5 Å². The molecule has 0 bridgehead atoms. The Morgan fingerprint density at radius 2 is 1.16 bits per heavy atom. The molecule has 124 valence electrons. The van der Waals surface area contributed by atoms with E-state index in [1.807, 2.05) is 0 Å². The summed E-state index contributed by atoms with van der Waals surface area (Å²) in [5.41, 5.74) is 0.554. The SMILES string of the molecule is O=C(Oc1cccc(F)c1OC(=O)c1ccccc1)c1ccccc1. The molecule has 3 rings (SSSR count). The number of esters is 2. The number of rotatable bonds is 4. The molecule has 0 atom stereocenters. The zero-order chi connectivity index (χ0) is 17.6. The molecule has 0 N–H and O–H groups in total. The van der Waals surface area contributed by atoms with E-state index in [-0.39, 0.29) is 11.3 Å². The molecule has 0 aliphatic carbocycles. The summed E-state index contributed by atoms with van der Waals surface area (Å²) >= 11 is 0. The minimum atomic E-state index is -0.803. The molecule has 0 aliphatic rings. The number of hydrogen-bond acceptors (Lipinski definition) is 4. The zero-order valence-corrected chi connectivity index (χ0v) is 13.0. The first-order valence-electron chi connectivity index (χ1n) is 7.48. The second-order valence-electron chi connectivity index (χ2n) is 5.08. The van der Waals surface area contributed by atoms with Crippen molar-refractivity contribution >= 4 is 11.9 Å². The summed E-state index contributed by atoms with van der Waals surface area (Å²) in [6.07, 6.45) is 0. The van der Waals surface area contributed by atoms with E-state index in [2.05, 4.69) is 0 Å². The number of hydrogen-bond donors (Lipinski definition) is 0. The summed E-state index contributed by atoms with van der Waals surface area (Å²) < 4.78 is 24.4. The van der Waals surface area contributed by atoms with Crippen molar-refractivity contribution in [1.82, 2.24) is 0 Å². The monoisotopic (exact) mass is 336 g/mol. The molecule has 0 saturated carbocycles. The van der Waals surface area contributed by atoms with Gasteiger partial charge in [-0.15, -0.1) is 0 Å². The fourth-order valence-corrected chi connectivity index (χ4v) is 2.13. The number of ether oxygens (including phenoxy) is 2. The van der Waals surface area contributed by atoms with Crippen molar-refractivity contribution in [2.75, 3.05) is 0 Å². The normalized spacial score (nSPS) is 10.1. The van der Waals surface area contributed by atoms with Gasteiger partial charge in [0.2, 0.25) is 5.75 Å². The lowest BCUT2D eigenvalue weighted by Gasteiger charge is -2.11. The third kappa shape index (κ3) is 3.90. The van der Waals surface area contributed by atoms with Gasteiger partial charge in [0.05, 0.1) is 11.1 Å². The van der Waals surface area contributed by atoms with E-state index < -0.39 is 23.5 Å². The van der Waals surface area contributed by atoms with Crippen molar-refractivity contribution in [1.29, 1.82) is 0 Å². The summed E-state index contributed by atoms with van der Waals surface area (Å²) in [4.78, 5) is 24.3. The Morgan fingerprint density at radius 1 is 0.640 bits per heavy atom. The van der Waals surface area contributed by atoms with Crippen LogP contribution in [0.2, 0.25) is 0 Å².